The Balaban J connectivity index is 1.66. The van der Waals surface area contributed by atoms with Crippen LogP contribution >= 0.6 is 0 Å². The van der Waals surface area contributed by atoms with Crippen molar-refractivity contribution in [3.63, 3.8) is 0 Å². The predicted molar refractivity (Wildman–Crippen MR) is 116 cm³/mol. The summed E-state index contributed by atoms with van der Waals surface area (Å²) in [5, 5.41) is 16.3. The van der Waals surface area contributed by atoms with E-state index in [1.807, 2.05) is 34.9 Å². The van der Waals surface area contributed by atoms with E-state index >= 15 is 0 Å². The Bertz CT molecular complexity index is 1170. The molecule has 3 N–H and O–H groups in total. The van der Waals surface area contributed by atoms with Gasteiger partial charge < -0.3 is 10.6 Å². The molecule has 7 nitrogen and oxygen atoms in total. The first-order valence-corrected chi connectivity index (χ1v) is 11.2. The van der Waals surface area contributed by atoms with Crippen LogP contribution in [0.5, 0.6) is 0 Å². The van der Waals surface area contributed by atoms with Crippen LogP contribution in [-0.4, -0.2) is 21.7 Å². The van der Waals surface area contributed by atoms with Crippen LogP contribution in [0, 0.1) is 11.3 Å². The van der Waals surface area contributed by atoms with Crippen molar-refractivity contribution in [1.29, 1.82) is 5.41 Å². The molecule has 5 rings (SSSR count). The lowest BCUT2D eigenvalue weighted by molar-refractivity contribution is 0.465. The number of hydrogen-bond donors (Lipinski definition) is 3. The highest BCUT2D eigenvalue weighted by Crippen LogP contribution is 2.32. The van der Waals surface area contributed by atoms with Gasteiger partial charge in [0.05, 0.1) is 12.1 Å². The van der Waals surface area contributed by atoms with E-state index in [0.29, 0.717) is 22.6 Å². The summed E-state index contributed by atoms with van der Waals surface area (Å²) in [6, 6.07) is 10.3. The minimum atomic E-state index is -0.174. The van der Waals surface area contributed by atoms with Gasteiger partial charge >= 0.3 is 0 Å². The first-order valence-electron chi connectivity index (χ1n) is 11.2. The average molecular weight is 407 g/mol. The van der Waals surface area contributed by atoms with Gasteiger partial charge in [0, 0.05) is 19.3 Å². The zero-order valence-electron chi connectivity index (χ0n) is 17.5. The van der Waals surface area contributed by atoms with E-state index in [9.17, 15) is 4.79 Å². The minimum absolute atomic E-state index is 0.174. The summed E-state index contributed by atoms with van der Waals surface area (Å²) in [6.45, 7) is 0.815. The van der Waals surface area contributed by atoms with Crippen molar-refractivity contribution in [2.24, 2.45) is 18.0 Å². The lowest BCUT2D eigenvalue weighted by Gasteiger charge is -2.18. The topological polar surface area (TPSA) is 87.2 Å². The summed E-state index contributed by atoms with van der Waals surface area (Å²) < 4.78 is 3.61. The number of rotatable bonds is 5. The Morgan fingerprint density at radius 2 is 1.90 bits per heavy atom. The summed E-state index contributed by atoms with van der Waals surface area (Å²) >= 11 is 0. The van der Waals surface area contributed by atoms with E-state index < -0.39 is 0 Å². The zero-order chi connectivity index (χ0) is 20.7. The Morgan fingerprint density at radius 3 is 2.67 bits per heavy atom. The fourth-order valence-electron chi connectivity index (χ4n) is 5.27. The van der Waals surface area contributed by atoms with Gasteiger partial charge in [-0.1, -0.05) is 31.0 Å². The second-order valence-corrected chi connectivity index (χ2v) is 8.85. The fourth-order valence-corrected chi connectivity index (χ4v) is 5.27. The van der Waals surface area contributed by atoms with Gasteiger partial charge in [0.1, 0.15) is 16.5 Å². The highest BCUT2D eigenvalue weighted by atomic mass is 16.1. The molecule has 0 amide bonds. The maximum atomic E-state index is 13.4. The third-order valence-electron chi connectivity index (χ3n) is 6.90. The summed E-state index contributed by atoms with van der Waals surface area (Å²) in [7, 11) is 1.78. The third-order valence-corrected chi connectivity index (χ3v) is 6.90. The second kappa shape index (κ2) is 7.78. The number of anilines is 1. The normalized spacial score (nSPS) is 23.6. The standard InChI is InChI=1S/C23H30N6O/c1-28-22(30)19(20(24)29-18-13-7-12-17(18)27-23(28)29)21(25-14-15-8-5-6-9-15)26-16-10-3-2-4-11-16/h2-4,10-11,15,17-18,24-26H,5-9,12-14H2,1H3/t17-,18+/m1/s1. The number of hydrogen-bond acceptors (Lipinski definition) is 5. The molecule has 30 heavy (non-hydrogen) atoms. The lowest BCUT2D eigenvalue weighted by Crippen LogP contribution is -2.59. The van der Waals surface area contributed by atoms with Crippen molar-refractivity contribution in [3.05, 3.63) is 57.0 Å². The molecule has 2 heterocycles. The Hall–Kier alpha value is -2.83. The molecule has 7 heteroatoms. The maximum Gasteiger partial charge on any atom is 0.267 e. The van der Waals surface area contributed by atoms with E-state index in [-0.39, 0.29) is 23.1 Å². The van der Waals surface area contributed by atoms with Gasteiger partial charge in [0.25, 0.3) is 5.56 Å². The van der Waals surface area contributed by atoms with E-state index in [2.05, 4.69) is 10.6 Å². The van der Waals surface area contributed by atoms with Crippen molar-refractivity contribution < 1.29 is 0 Å². The number of para-hydroxylation sites is 1. The van der Waals surface area contributed by atoms with E-state index in [4.69, 9.17) is 10.4 Å². The molecule has 1 aromatic heterocycles. The van der Waals surface area contributed by atoms with Crippen molar-refractivity contribution in [2.45, 2.75) is 57.0 Å². The van der Waals surface area contributed by atoms with Crippen molar-refractivity contribution in [1.82, 2.24) is 14.5 Å². The summed E-state index contributed by atoms with van der Waals surface area (Å²) in [6.07, 6.45) is 8.18. The van der Waals surface area contributed by atoms with Gasteiger partial charge in [0.2, 0.25) is 5.62 Å². The molecule has 2 aliphatic carbocycles. The molecular weight excluding hydrogens is 376 g/mol. The van der Waals surface area contributed by atoms with Crippen LogP contribution in [0.25, 0.3) is 5.82 Å². The number of benzene rings is 1. The fraction of sp³-hybridized carbons (Fsp3) is 0.522. The highest BCUT2D eigenvalue weighted by molar-refractivity contribution is 5.62. The molecule has 1 aliphatic heterocycles. The predicted octanol–water partition coefficient (Wildman–Crippen LogP) is 1.35. The smallest absolute Gasteiger partial charge is 0.267 e. The van der Waals surface area contributed by atoms with Crippen molar-refractivity contribution in [2.75, 3.05) is 11.9 Å². The molecule has 0 bridgehead atoms. The molecule has 0 spiro atoms. The SMILES string of the molecule is Cn1c(=O)c(=C(NCC2CCCC2)Nc2ccccc2)c(=N)n2c1=N[C@@H]1CCC[C@@H]12. The maximum absolute atomic E-state index is 13.4. The largest absolute Gasteiger partial charge is 0.371 e. The number of aromatic nitrogens is 2. The molecule has 2 saturated carbocycles. The van der Waals surface area contributed by atoms with E-state index in [1.54, 1.807) is 11.6 Å². The zero-order valence-corrected chi connectivity index (χ0v) is 17.5. The van der Waals surface area contributed by atoms with Crippen LogP contribution in [0.1, 0.15) is 51.0 Å². The van der Waals surface area contributed by atoms with Crippen LogP contribution in [0.15, 0.2) is 40.1 Å². The summed E-state index contributed by atoms with van der Waals surface area (Å²) in [5.74, 6) is 1.25. The van der Waals surface area contributed by atoms with Crippen LogP contribution < -0.4 is 32.5 Å². The first-order chi connectivity index (χ1) is 14.6. The van der Waals surface area contributed by atoms with Crippen LogP contribution in [-0.2, 0) is 7.05 Å². The van der Waals surface area contributed by atoms with Gasteiger partial charge in [-0.2, -0.15) is 0 Å². The van der Waals surface area contributed by atoms with E-state index in [1.165, 1.54) is 25.7 Å². The van der Waals surface area contributed by atoms with Gasteiger partial charge in [0.15, 0.2) is 0 Å². The average Bonchev–Trinajstić information content (AvgIpc) is 3.48. The van der Waals surface area contributed by atoms with Crippen LogP contribution in [0.3, 0.4) is 0 Å². The summed E-state index contributed by atoms with van der Waals surface area (Å²) in [5.41, 5.74) is 1.64. The lowest BCUT2D eigenvalue weighted by atomic mass is 10.1. The Morgan fingerprint density at radius 1 is 1.13 bits per heavy atom. The molecule has 0 saturated heterocycles. The Labute approximate surface area is 175 Å². The number of nitrogens with zero attached hydrogens (tertiary/aromatic N) is 3. The van der Waals surface area contributed by atoms with Gasteiger partial charge in [-0.25, -0.2) is 4.99 Å². The summed E-state index contributed by atoms with van der Waals surface area (Å²) in [4.78, 5) is 18.1. The monoisotopic (exact) mass is 406 g/mol. The minimum Gasteiger partial charge on any atom is -0.371 e. The first kappa shape index (κ1) is 19.2. The molecule has 1 aromatic carbocycles. The van der Waals surface area contributed by atoms with Crippen LogP contribution in [0.4, 0.5) is 5.69 Å². The molecule has 158 valence electrons. The molecule has 0 unspecified atom stereocenters. The highest BCUT2D eigenvalue weighted by Gasteiger charge is 2.35. The number of fused-ring (bicyclic) bond motifs is 3. The van der Waals surface area contributed by atoms with E-state index in [0.717, 1.165) is 31.5 Å². The second-order valence-electron chi connectivity index (χ2n) is 8.85. The van der Waals surface area contributed by atoms with Gasteiger partial charge in [-0.3, -0.25) is 19.3 Å². The van der Waals surface area contributed by atoms with Gasteiger partial charge in [-0.05, 0) is 50.2 Å². The molecule has 2 atom stereocenters. The van der Waals surface area contributed by atoms with Crippen molar-refractivity contribution >= 4 is 11.5 Å². The van der Waals surface area contributed by atoms with Crippen LogP contribution in [0.2, 0.25) is 0 Å². The molecule has 2 fully saturated rings. The molecule has 3 aliphatic rings. The molecular formula is C23H30N6O. The quantitative estimate of drug-likeness (QED) is 0.701. The molecule has 0 radical (unpaired) electrons. The molecule has 2 aromatic rings. The Kier molecular flexibility index (Phi) is 4.97. The van der Waals surface area contributed by atoms with Gasteiger partial charge in [-0.15, -0.1) is 0 Å². The van der Waals surface area contributed by atoms with Crippen molar-refractivity contribution in [3.8, 4) is 0 Å². The third kappa shape index (κ3) is 3.26. The number of nitrogens with one attached hydrogen (secondary N) is 3.